The highest BCUT2D eigenvalue weighted by Gasteiger charge is 2.21. The number of ether oxygens (including phenoxy) is 2. The van der Waals surface area contributed by atoms with Crippen LogP contribution >= 0.6 is 0 Å². The van der Waals surface area contributed by atoms with Crippen molar-refractivity contribution in [3.8, 4) is 5.75 Å². The molecule has 0 bridgehead atoms. The van der Waals surface area contributed by atoms with Crippen LogP contribution in [0.3, 0.4) is 0 Å². The number of benzene rings is 2. The molecule has 1 amide bonds. The SMILES string of the molecule is O=C(NC(Cc1ccccc1)C(=O)O)c1cccc(OCC2CCCO2)c1. The molecule has 0 radical (unpaired) electrons. The Kier molecular flexibility index (Phi) is 6.44. The summed E-state index contributed by atoms with van der Waals surface area (Å²) in [6, 6.07) is 14.9. The Morgan fingerprint density at radius 1 is 1.19 bits per heavy atom. The molecule has 0 aliphatic carbocycles. The molecule has 1 heterocycles. The lowest BCUT2D eigenvalue weighted by Crippen LogP contribution is -2.42. The summed E-state index contributed by atoms with van der Waals surface area (Å²) >= 11 is 0. The van der Waals surface area contributed by atoms with Crippen molar-refractivity contribution in [3.63, 3.8) is 0 Å². The smallest absolute Gasteiger partial charge is 0.326 e. The Morgan fingerprint density at radius 2 is 2.00 bits per heavy atom. The molecular weight excluding hydrogens is 346 g/mol. The molecule has 3 rings (SSSR count). The average molecular weight is 369 g/mol. The number of carbonyl (C=O) groups is 2. The van der Waals surface area contributed by atoms with E-state index in [0.717, 1.165) is 25.0 Å². The topological polar surface area (TPSA) is 84.9 Å². The standard InChI is InChI=1S/C21H23NO5/c23-20(22-19(21(24)25)12-15-6-2-1-3-7-15)16-8-4-9-17(13-16)27-14-18-10-5-11-26-18/h1-4,6-9,13,18-19H,5,10-12,14H2,(H,22,23)(H,24,25). The van der Waals surface area contributed by atoms with Gasteiger partial charge in [-0.3, -0.25) is 4.79 Å². The number of carboxylic acids is 1. The van der Waals surface area contributed by atoms with E-state index in [4.69, 9.17) is 9.47 Å². The maximum atomic E-state index is 12.5. The molecule has 2 aromatic rings. The molecule has 1 saturated heterocycles. The summed E-state index contributed by atoms with van der Waals surface area (Å²) in [6.07, 6.45) is 2.32. The van der Waals surface area contributed by atoms with Crippen LogP contribution in [0, 0.1) is 0 Å². The van der Waals surface area contributed by atoms with E-state index in [1.807, 2.05) is 30.3 Å². The zero-order valence-corrected chi connectivity index (χ0v) is 15.0. The zero-order chi connectivity index (χ0) is 19.1. The van der Waals surface area contributed by atoms with Crippen LogP contribution in [-0.4, -0.2) is 42.3 Å². The van der Waals surface area contributed by atoms with Crippen LogP contribution in [0.25, 0.3) is 0 Å². The van der Waals surface area contributed by atoms with Gasteiger partial charge in [0.25, 0.3) is 5.91 Å². The van der Waals surface area contributed by atoms with Crippen molar-refractivity contribution in [2.45, 2.75) is 31.4 Å². The van der Waals surface area contributed by atoms with Crippen molar-refractivity contribution in [3.05, 3.63) is 65.7 Å². The van der Waals surface area contributed by atoms with E-state index >= 15 is 0 Å². The molecule has 2 unspecified atom stereocenters. The molecule has 1 fully saturated rings. The second kappa shape index (κ2) is 9.19. The Balaban J connectivity index is 1.61. The molecule has 27 heavy (non-hydrogen) atoms. The minimum atomic E-state index is -1.07. The maximum absolute atomic E-state index is 12.5. The summed E-state index contributed by atoms with van der Waals surface area (Å²) < 4.78 is 11.2. The molecule has 2 atom stereocenters. The van der Waals surface area contributed by atoms with Gasteiger partial charge in [0.2, 0.25) is 0 Å². The van der Waals surface area contributed by atoms with Gasteiger partial charge in [-0.25, -0.2) is 4.79 Å². The van der Waals surface area contributed by atoms with E-state index in [2.05, 4.69) is 5.32 Å². The monoisotopic (exact) mass is 369 g/mol. The first kappa shape index (κ1) is 18.9. The van der Waals surface area contributed by atoms with Gasteiger partial charge in [0.05, 0.1) is 6.10 Å². The lowest BCUT2D eigenvalue weighted by atomic mass is 10.1. The van der Waals surface area contributed by atoms with Crippen LogP contribution in [0.4, 0.5) is 0 Å². The molecule has 0 saturated carbocycles. The first-order chi connectivity index (χ1) is 13.1. The molecule has 6 nitrogen and oxygen atoms in total. The van der Waals surface area contributed by atoms with Crippen molar-refractivity contribution in [2.24, 2.45) is 0 Å². The third-order valence-electron chi connectivity index (χ3n) is 4.44. The number of hydrogen-bond donors (Lipinski definition) is 2. The van der Waals surface area contributed by atoms with Crippen LogP contribution in [0.2, 0.25) is 0 Å². The number of hydrogen-bond acceptors (Lipinski definition) is 4. The third kappa shape index (κ3) is 5.56. The molecule has 2 N–H and O–H groups in total. The summed E-state index contributed by atoms with van der Waals surface area (Å²) in [5, 5.41) is 12.0. The highest BCUT2D eigenvalue weighted by atomic mass is 16.5. The van der Waals surface area contributed by atoms with E-state index in [0.29, 0.717) is 17.9 Å². The number of aliphatic carboxylic acids is 1. The average Bonchev–Trinajstić information content (AvgIpc) is 3.20. The number of nitrogens with one attached hydrogen (secondary N) is 1. The van der Waals surface area contributed by atoms with Gasteiger partial charge < -0.3 is 19.9 Å². The van der Waals surface area contributed by atoms with E-state index in [-0.39, 0.29) is 12.5 Å². The minimum Gasteiger partial charge on any atom is -0.491 e. The Hall–Kier alpha value is -2.86. The summed E-state index contributed by atoms with van der Waals surface area (Å²) in [5.74, 6) is -0.952. The molecule has 142 valence electrons. The fourth-order valence-corrected chi connectivity index (χ4v) is 2.98. The van der Waals surface area contributed by atoms with Gasteiger partial charge in [0, 0.05) is 18.6 Å². The van der Waals surface area contributed by atoms with E-state index in [1.54, 1.807) is 24.3 Å². The first-order valence-electron chi connectivity index (χ1n) is 9.04. The van der Waals surface area contributed by atoms with Crippen LogP contribution in [0.15, 0.2) is 54.6 Å². The van der Waals surface area contributed by atoms with E-state index in [9.17, 15) is 14.7 Å². The van der Waals surface area contributed by atoms with Crippen molar-refractivity contribution in [1.82, 2.24) is 5.32 Å². The van der Waals surface area contributed by atoms with Gasteiger partial charge in [0.1, 0.15) is 18.4 Å². The summed E-state index contributed by atoms with van der Waals surface area (Å²) in [6.45, 7) is 1.20. The highest BCUT2D eigenvalue weighted by molar-refractivity contribution is 5.97. The predicted octanol–water partition coefficient (Wildman–Crippen LogP) is 2.67. The fraction of sp³-hybridized carbons (Fsp3) is 0.333. The molecule has 0 spiro atoms. The number of rotatable bonds is 8. The first-order valence-corrected chi connectivity index (χ1v) is 9.04. The number of carbonyl (C=O) groups excluding carboxylic acids is 1. The van der Waals surface area contributed by atoms with Crippen molar-refractivity contribution >= 4 is 11.9 Å². The van der Waals surface area contributed by atoms with Crippen LogP contribution in [0.5, 0.6) is 5.75 Å². The van der Waals surface area contributed by atoms with E-state index in [1.165, 1.54) is 0 Å². The molecule has 1 aliphatic heterocycles. The Labute approximate surface area is 158 Å². The Morgan fingerprint density at radius 3 is 2.70 bits per heavy atom. The number of carboxylic acid groups (broad SMARTS) is 1. The van der Waals surface area contributed by atoms with E-state index < -0.39 is 17.9 Å². The second-order valence-corrected chi connectivity index (χ2v) is 6.53. The van der Waals surface area contributed by atoms with Crippen LogP contribution < -0.4 is 10.1 Å². The number of amides is 1. The lowest BCUT2D eigenvalue weighted by molar-refractivity contribution is -0.139. The molecule has 6 heteroatoms. The maximum Gasteiger partial charge on any atom is 0.326 e. The van der Waals surface area contributed by atoms with Crippen molar-refractivity contribution in [2.75, 3.05) is 13.2 Å². The highest BCUT2D eigenvalue weighted by Crippen LogP contribution is 2.17. The summed E-state index contributed by atoms with van der Waals surface area (Å²) in [7, 11) is 0. The second-order valence-electron chi connectivity index (χ2n) is 6.53. The summed E-state index contributed by atoms with van der Waals surface area (Å²) in [5.41, 5.74) is 1.21. The predicted molar refractivity (Wildman–Crippen MR) is 99.9 cm³/mol. The third-order valence-corrected chi connectivity index (χ3v) is 4.44. The Bertz CT molecular complexity index is 771. The normalized spacial score (nSPS) is 17.3. The zero-order valence-electron chi connectivity index (χ0n) is 15.0. The van der Waals surface area contributed by atoms with Gasteiger partial charge in [0.15, 0.2) is 0 Å². The van der Waals surface area contributed by atoms with Crippen molar-refractivity contribution in [1.29, 1.82) is 0 Å². The minimum absolute atomic E-state index is 0.0877. The summed E-state index contributed by atoms with van der Waals surface area (Å²) in [4.78, 5) is 24.0. The van der Waals surface area contributed by atoms with Gasteiger partial charge in [-0.1, -0.05) is 36.4 Å². The lowest BCUT2D eigenvalue weighted by Gasteiger charge is -2.15. The van der Waals surface area contributed by atoms with Gasteiger partial charge in [-0.05, 0) is 36.6 Å². The van der Waals surface area contributed by atoms with Crippen LogP contribution in [0.1, 0.15) is 28.8 Å². The molecule has 2 aromatic carbocycles. The molecule has 1 aliphatic rings. The fourth-order valence-electron chi connectivity index (χ4n) is 2.98. The van der Waals surface area contributed by atoms with Gasteiger partial charge in [-0.15, -0.1) is 0 Å². The van der Waals surface area contributed by atoms with Crippen molar-refractivity contribution < 1.29 is 24.2 Å². The quantitative estimate of drug-likeness (QED) is 0.747. The molecule has 0 aromatic heterocycles. The van der Waals surface area contributed by atoms with Gasteiger partial charge in [-0.2, -0.15) is 0 Å². The largest absolute Gasteiger partial charge is 0.491 e. The van der Waals surface area contributed by atoms with Crippen LogP contribution in [-0.2, 0) is 16.0 Å². The molecular formula is C21H23NO5. The van der Waals surface area contributed by atoms with Gasteiger partial charge >= 0.3 is 5.97 Å².